The monoisotopic (exact) mass is 383 g/mol. The second-order valence-corrected chi connectivity index (χ2v) is 9.60. The fourth-order valence-corrected chi connectivity index (χ4v) is 3.92. The topological polar surface area (TPSA) is 57.2 Å². The summed E-state index contributed by atoms with van der Waals surface area (Å²) in [5.74, 6) is -0.269. The molecule has 0 aliphatic heterocycles. The van der Waals surface area contributed by atoms with Crippen molar-refractivity contribution in [2.75, 3.05) is 26.4 Å². The third-order valence-corrected chi connectivity index (χ3v) is 5.71. The zero-order valence-electron chi connectivity index (χ0n) is 16.9. The molecule has 0 aromatic heterocycles. The molecule has 150 valence electrons. The Kier molecular flexibility index (Phi) is 10.4. The minimum absolute atomic E-state index is 0.269. The van der Waals surface area contributed by atoms with Crippen molar-refractivity contribution in [2.45, 2.75) is 71.3 Å². The van der Waals surface area contributed by atoms with Gasteiger partial charge in [-0.1, -0.05) is 69.7 Å². The zero-order valence-corrected chi connectivity index (χ0v) is 17.7. The summed E-state index contributed by atoms with van der Waals surface area (Å²) in [5, 5.41) is 0. The SMILES string of the molecule is CCCCCCCCCc1ccccc1C[N+](C)(C)CCCS(=O)(=O)[O-]. The quantitative estimate of drug-likeness (QED) is 0.270. The van der Waals surface area contributed by atoms with Crippen LogP contribution in [0.3, 0.4) is 0 Å². The first-order valence-electron chi connectivity index (χ1n) is 10.1. The average molecular weight is 384 g/mol. The molecule has 0 heterocycles. The fraction of sp³-hybridized carbons (Fsp3) is 0.714. The first kappa shape index (κ1) is 23.1. The number of hydrogen-bond acceptors (Lipinski definition) is 3. The predicted octanol–water partition coefficient (Wildman–Crippen LogP) is 4.49. The smallest absolute Gasteiger partial charge is 0.104 e. The Morgan fingerprint density at radius 1 is 0.885 bits per heavy atom. The van der Waals surface area contributed by atoms with Crippen LogP contribution in [0.25, 0.3) is 0 Å². The van der Waals surface area contributed by atoms with Gasteiger partial charge in [0.05, 0.1) is 30.8 Å². The van der Waals surface area contributed by atoms with Gasteiger partial charge < -0.3 is 9.04 Å². The molecule has 0 saturated carbocycles. The molecule has 0 aliphatic carbocycles. The van der Waals surface area contributed by atoms with E-state index in [4.69, 9.17) is 0 Å². The third-order valence-electron chi connectivity index (χ3n) is 4.92. The van der Waals surface area contributed by atoms with Crippen molar-refractivity contribution >= 4 is 10.1 Å². The number of aryl methyl sites for hydroxylation is 1. The van der Waals surface area contributed by atoms with Gasteiger partial charge in [-0.2, -0.15) is 0 Å². The molecule has 0 spiro atoms. The van der Waals surface area contributed by atoms with Crippen LogP contribution in [0.5, 0.6) is 0 Å². The molecule has 0 radical (unpaired) electrons. The van der Waals surface area contributed by atoms with E-state index in [1.807, 2.05) is 0 Å². The van der Waals surface area contributed by atoms with Gasteiger partial charge in [-0.3, -0.25) is 0 Å². The summed E-state index contributed by atoms with van der Waals surface area (Å²) in [6.45, 7) is 3.80. The van der Waals surface area contributed by atoms with Gasteiger partial charge in [0.2, 0.25) is 0 Å². The maximum atomic E-state index is 10.8. The summed E-state index contributed by atoms with van der Waals surface area (Å²) in [6, 6.07) is 8.57. The number of unbranched alkanes of at least 4 members (excludes halogenated alkanes) is 6. The Labute approximate surface area is 161 Å². The average Bonchev–Trinajstić information content (AvgIpc) is 2.53. The lowest BCUT2D eigenvalue weighted by molar-refractivity contribution is -0.903. The van der Waals surface area contributed by atoms with Crippen LogP contribution in [0.1, 0.15) is 69.4 Å². The molecule has 0 N–H and O–H groups in total. The number of hydrogen-bond donors (Lipinski definition) is 0. The number of quaternary nitrogens is 1. The van der Waals surface area contributed by atoms with E-state index in [-0.39, 0.29) is 5.75 Å². The highest BCUT2D eigenvalue weighted by molar-refractivity contribution is 7.85. The Bertz CT molecular complexity index is 611. The van der Waals surface area contributed by atoms with Gasteiger partial charge in [0.15, 0.2) is 0 Å². The molecule has 0 bridgehead atoms. The lowest BCUT2D eigenvalue weighted by atomic mass is 9.99. The van der Waals surface area contributed by atoms with Crippen LogP contribution < -0.4 is 0 Å². The summed E-state index contributed by atoms with van der Waals surface area (Å²) < 4.78 is 33.1. The summed E-state index contributed by atoms with van der Waals surface area (Å²) >= 11 is 0. The number of benzene rings is 1. The van der Waals surface area contributed by atoms with Gasteiger partial charge in [0, 0.05) is 17.7 Å². The molecular formula is C21H37NO3S. The number of nitrogens with zero attached hydrogens (tertiary/aromatic N) is 1. The molecule has 1 aromatic rings. The van der Waals surface area contributed by atoms with E-state index in [1.54, 1.807) is 0 Å². The molecule has 1 aromatic carbocycles. The van der Waals surface area contributed by atoms with Crippen LogP contribution >= 0.6 is 0 Å². The number of rotatable bonds is 14. The second-order valence-electron chi connectivity index (χ2n) is 8.07. The van der Waals surface area contributed by atoms with Crippen LogP contribution in [0.4, 0.5) is 0 Å². The highest BCUT2D eigenvalue weighted by Crippen LogP contribution is 2.18. The van der Waals surface area contributed by atoms with E-state index in [2.05, 4.69) is 45.3 Å². The van der Waals surface area contributed by atoms with Gasteiger partial charge in [-0.15, -0.1) is 0 Å². The normalized spacial score (nSPS) is 12.5. The molecule has 0 atom stereocenters. The van der Waals surface area contributed by atoms with Crippen molar-refractivity contribution in [3.8, 4) is 0 Å². The molecule has 26 heavy (non-hydrogen) atoms. The van der Waals surface area contributed by atoms with Crippen LogP contribution in [0.15, 0.2) is 24.3 Å². The first-order chi connectivity index (χ1) is 12.2. The summed E-state index contributed by atoms with van der Waals surface area (Å²) in [7, 11) is 0.0871. The van der Waals surface area contributed by atoms with Crippen LogP contribution in [0, 0.1) is 0 Å². The molecular weight excluding hydrogens is 346 g/mol. The van der Waals surface area contributed by atoms with Crippen molar-refractivity contribution in [2.24, 2.45) is 0 Å². The van der Waals surface area contributed by atoms with E-state index in [1.165, 1.54) is 56.1 Å². The van der Waals surface area contributed by atoms with E-state index < -0.39 is 10.1 Å². The maximum absolute atomic E-state index is 10.8. The first-order valence-corrected chi connectivity index (χ1v) is 11.6. The standard InChI is InChI=1S/C21H37NO3S/c1-4-5-6-7-8-9-10-14-20-15-11-12-16-21(20)19-22(2,3)17-13-18-26(23,24)25/h11-12,15-16H,4-10,13-14,17-19H2,1-3H3. The Morgan fingerprint density at radius 3 is 2.08 bits per heavy atom. The van der Waals surface area contributed by atoms with Gasteiger partial charge >= 0.3 is 0 Å². The van der Waals surface area contributed by atoms with Crippen molar-refractivity contribution in [1.29, 1.82) is 0 Å². The Hall–Kier alpha value is -0.910. The van der Waals surface area contributed by atoms with Gasteiger partial charge in [0.25, 0.3) is 0 Å². The highest BCUT2D eigenvalue weighted by atomic mass is 32.2. The van der Waals surface area contributed by atoms with Crippen LogP contribution in [-0.4, -0.2) is 43.8 Å². The van der Waals surface area contributed by atoms with Gasteiger partial charge in [-0.25, -0.2) is 8.42 Å². The zero-order chi connectivity index (χ0) is 19.5. The largest absolute Gasteiger partial charge is 0.748 e. The molecule has 0 saturated heterocycles. The molecule has 0 fully saturated rings. The molecule has 0 amide bonds. The molecule has 0 aliphatic rings. The predicted molar refractivity (Wildman–Crippen MR) is 108 cm³/mol. The van der Waals surface area contributed by atoms with Crippen LogP contribution in [-0.2, 0) is 23.1 Å². The molecule has 5 heteroatoms. The summed E-state index contributed by atoms with van der Waals surface area (Å²) in [6.07, 6.45) is 10.7. The third kappa shape index (κ3) is 10.9. The minimum Gasteiger partial charge on any atom is -0.748 e. The van der Waals surface area contributed by atoms with E-state index in [0.29, 0.717) is 17.4 Å². The minimum atomic E-state index is -4.11. The molecule has 0 unspecified atom stereocenters. The van der Waals surface area contributed by atoms with Crippen molar-refractivity contribution in [1.82, 2.24) is 0 Å². The van der Waals surface area contributed by atoms with Crippen LogP contribution in [0.2, 0.25) is 0 Å². The summed E-state index contributed by atoms with van der Waals surface area (Å²) in [5.41, 5.74) is 2.75. The Balaban J connectivity index is 2.46. The summed E-state index contributed by atoms with van der Waals surface area (Å²) in [4.78, 5) is 0. The van der Waals surface area contributed by atoms with Crippen molar-refractivity contribution in [3.05, 3.63) is 35.4 Å². The molecule has 4 nitrogen and oxygen atoms in total. The van der Waals surface area contributed by atoms with E-state index >= 15 is 0 Å². The van der Waals surface area contributed by atoms with Gasteiger partial charge in [-0.05, 0) is 18.4 Å². The lowest BCUT2D eigenvalue weighted by Crippen LogP contribution is -2.40. The Morgan fingerprint density at radius 2 is 1.46 bits per heavy atom. The van der Waals surface area contributed by atoms with E-state index in [0.717, 1.165) is 13.0 Å². The second kappa shape index (κ2) is 11.7. The fourth-order valence-electron chi connectivity index (χ4n) is 3.44. The van der Waals surface area contributed by atoms with Crippen molar-refractivity contribution in [3.63, 3.8) is 0 Å². The molecule has 1 rings (SSSR count). The highest BCUT2D eigenvalue weighted by Gasteiger charge is 2.18. The maximum Gasteiger partial charge on any atom is 0.104 e. The van der Waals surface area contributed by atoms with E-state index in [9.17, 15) is 13.0 Å². The van der Waals surface area contributed by atoms with Gasteiger partial charge in [0.1, 0.15) is 6.54 Å². The van der Waals surface area contributed by atoms with Crippen molar-refractivity contribution < 1.29 is 17.5 Å². The lowest BCUT2D eigenvalue weighted by Gasteiger charge is -2.31.